The molecule has 6 rings (SSSR count). The van der Waals surface area contributed by atoms with Gasteiger partial charge in [-0.05, 0) is 85.9 Å². The first kappa shape index (κ1) is 27.6. The first-order chi connectivity index (χ1) is 18.6. The summed E-state index contributed by atoms with van der Waals surface area (Å²) in [4.78, 5) is 15.5. The standard InChI is InChI=1S/C28H33F2N3O5S2.H2/c1-32(21-16-28(29,30)17-21)40(37,38)22-5-3-4-19(14-22)25(34)33-18-27(12-10-26(8-9-26)11-13-27)23-15-20(6-7-24(23)33)31-39(2,35)36;/h3-7,14-15,21,31H,8-13,16-18H2,1-2H3;1H. The monoisotopic (exact) mass is 595 g/mol. The number of nitrogens with one attached hydrogen (secondary N) is 1. The molecule has 3 fully saturated rings. The van der Waals surface area contributed by atoms with Gasteiger partial charge in [-0.25, -0.2) is 25.6 Å². The second-order valence-electron chi connectivity index (χ2n) is 12.2. The molecule has 1 amide bonds. The van der Waals surface area contributed by atoms with E-state index < -0.39 is 44.9 Å². The number of fused-ring (bicyclic) bond motifs is 2. The second kappa shape index (κ2) is 8.96. The molecule has 40 heavy (non-hydrogen) atoms. The number of halogens is 2. The molecule has 0 saturated heterocycles. The number of rotatable bonds is 6. The van der Waals surface area contributed by atoms with Crippen LogP contribution in [0.15, 0.2) is 47.4 Å². The normalized spacial score (nSPS) is 22.8. The number of benzene rings is 2. The number of sulfonamides is 2. The van der Waals surface area contributed by atoms with Gasteiger partial charge in [-0.15, -0.1) is 0 Å². The molecule has 3 aliphatic carbocycles. The molecule has 1 aliphatic heterocycles. The molecule has 3 saturated carbocycles. The van der Waals surface area contributed by atoms with Crippen LogP contribution in [0.1, 0.15) is 68.7 Å². The number of nitrogens with zero attached hydrogens (tertiary/aromatic N) is 2. The van der Waals surface area contributed by atoms with Crippen molar-refractivity contribution >= 4 is 37.3 Å². The number of hydrogen-bond acceptors (Lipinski definition) is 5. The van der Waals surface area contributed by atoms with Gasteiger partial charge in [-0.1, -0.05) is 6.07 Å². The molecule has 1 N–H and O–H groups in total. The van der Waals surface area contributed by atoms with E-state index in [0.29, 0.717) is 23.3 Å². The smallest absolute Gasteiger partial charge is 0.258 e. The van der Waals surface area contributed by atoms with Crippen molar-refractivity contribution in [2.75, 3.05) is 29.5 Å². The molecule has 2 aromatic carbocycles. The van der Waals surface area contributed by atoms with Crippen molar-refractivity contribution in [1.29, 1.82) is 0 Å². The Morgan fingerprint density at radius 1 is 1.00 bits per heavy atom. The van der Waals surface area contributed by atoms with Crippen LogP contribution >= 0.6 is 0 Å². The van der Waals surface area contributed by atoms with Crippen molar-refractivity contribution in [2.45, 2.75) is 73.6 Å². The Balaban J connectivity index is 0.00000337. The van der Waals surface area contributed by atoms with Gasteiger partial charge < -0.3 is 4.90 Å². The van der Waals surface area contributed by atoms with Crippen LogP contribution in [0.25, 0.3) is 0 Å². The molecule has 12 heteroatoms. The van der Waals surface area contributed by atoms with Crippen LogP contribution in [-0.4, -0.2) is 58.9 Å². The maximum atomic E-state index is 13.9. The zero-order chi connectivity index (χ0) is 28.7. The number of carbonyl (C=O) groups excluding carboxylic acids is 1. The van der Waals surface area contributed by atoms with Crippen molar-refractivity contribution in [3.63, 3.8) is 0 Å². The van der Waals surface area contributed by atoms with E-state index in [9.17, 15) is 30.4 Å². The van der Waals surface area contributed by atoms with E-state index in [4.69, 9.17) is 0 Å². The van der Waals surface area contributed by atoms with Gasteiger partial charge in [0.05, 0.1) is 11.2 Å². The first-order valence-electron chi connectivity index (χ1n) is 13.5. The summed E-state index contributed by atoms with van der Waals surface area (Å²) in [6, 6.07) is 10.2. The number of hydrogen-bond donors (Lipinski definition) is 1. The van der Waals surface area contributed by atoms with Gasteiger partial charge in [0.25, 0.3) is 11.8 Å². The Hall–Kier alpha value is -2.57. The topological polar surface area (TPSA) is 104 Å². The third kappa shape index (κ3) is 4.81. The highest BCUT2D eigenvalue weighted by Crippen LogP contribution is 2.62. The molecule has 2 aromatic rings. The summed E-state index contributed by atoms with van der Waals surface area (Å²) in [7, 11) is -6.28. The summed E-state index contributed by atoms with van der Waals surface area (Å²) in [5.74, 6) is -3.22. The average Bonchev–Trinajstić information content (AvgIpc) is 3.57. The molecule has 0 aromatic heterocycles. The Labute approximate surface area is 235 Å². The van der Waals surface area contributed by atoms with E-state index in [1.54, 1.807) is 23.1 Å². The van der Waals surface area contributed by atoms with E-state index in [0.717, 1.165) is 41.8 Å². The van der Waals surface area contributed by atoms with Gasteiger partial charge in [0, 0.05) is 56.3 Å². The molecule has 218 valence electrons. The van der Waals surface area contributed by atoms with Crippen LogP contribution < -0.4 is 9.62 Å². The molecule has 0 atom stereocenters. The van der Waals surface area contributed by atoms with Crippen molar-refractivity contribution in [2.24, 2.45) is 5.41 Å². The Morgan fingerprint density at radius 3 is 2.25 bits per heavy atom. The predicted molar refractivity (Wildman–Crippen MR) is 150 cm³/mol. The lowest BCUT2D eigenvalue weighted by molar-refractivity contribution is -0.106. The fourth-order valence-electron chi connectivity index (χ4n) is 6.69. The van der Waals surface area contributed by atoms with Gasteiger partial charge in [0.2, 0.25) is 20.0 Å². The highest BCUT2D eigenvalue weighted by atomic mass is 32.2. The Bertz CT molecular complexity index is 1590. The number of amides is 1. The van der Waals surface area contributed by atoms with Crippen LogP contribution in [0.4, 0.5) is 20.2 Å². The summed E-state index contributed by atoms with van der Waals surface area (Å²) >= 11 is 0. The minimum atomic E-state index is -4.08. The van der Waals surface area contributed by atoms with Crippen molar-refractivity contribution in [3.8, 4) is 0 Å². The molecule has 0 bridgehead atoms. The Kier molecular flexibility index (Phi) is 6.18. The average molecular weight is 596 g/mol. The Morgan fingerprint density at radius 2 is 1.65 bits per heavy atom. The lowest BCUT2D eigenvalue weighted by Crippen LogP contribution is -2.51. The van der Waals surface area contributed by atoms with Gasteiger partial charge in [-0.2, -0.15) is 4.31 Å². The summed E-state index contributed by atoms with van der Waals surface area (Å²) in [5.41, 5.74) is 2.35. The summed E-state index contributed by atoms with van der Waals surface area (Å²) < 4.78 is 80.6. The van der Waals surface area contributed by atoms with Crippen LogP contribution in [0.2, 0.25) is 0 Å². The minimum Gasteiger partial charge on any atom is -0.307 e. The van der Waals surface area contributed by atoms with E-state index in [-0.39, 0.29) is 23.2 Å². The largest absolute Gasteiger partial charge is 0.307 e. The lowest BCUT2D eigenvalue weighted by Gasteiger charge is -2.39. The van der Waals surface area contributed by atoms with E-state index in [1.807, 2.05) is 6.07 Å². The number of alkyl halides is 2. The predicted octanol–water partition coefficient (Wildman–Crippen LogP) is 4.97. The molecule has 2 spiro atoms. The van der Waals surface area contributed by atoms with Crippen molar-refractivity contribution < 1.29 is 31.8 Å². The highest BCUT2D eigenvalue weighted by molar-refractivity contribution is 7.92. The van der Waals surface area contributed by atoms with Crippen molar-refractivity contribution in [1.82, 2.24) is 4.31 Å². The molecule has 0 radical (unpaired) electrons. The van der Waals surface area contributed by atoms with Crippen molar-refractivity contribution in [3.05, 3.63) is 53.6 Å². The van der Waals surface area contributed by atoms with Gasteiger partial charge >= 0.3 is 0 Å². The highest BCUT2D eigenvalue weighted by Gasteiger charge is 2.54. The van der Waals surface area contributed by atoms with Crippen LogP contribution in [0.3, 0.4) is 0 Å². The maximum Gasteiger partial charge on any atom is 0.258 e. The van der Waals surface area contributed by atoms with Gasteiger partial charge in [0.15, 0.2) is 0 Å². The first-order valence-corrected chi connectivity index (χ1v) is 16.9. The fraction of sp³-hybridized carbons (Fsp3) is 0.536. The van der Waals surface area contributed by atoms with Crippen LogP contribution in [-0.2, 0) is 25.5 Å². The van der Waals surface area contributed by atoms with E-state index >= 15 is 0 Å². The molecule has 8 nitrogen and oxygen atoms in total. The SMILES string of the molecule is CN(C1CC(F)(F)C1)S(=O)(=O)c1cccc(C(=O)N2CC3(CCC4(CC4)CC3)c3cc(NS(C)(=O)=O)ccc32)c1.[HH]. The maximum absolute atomic E-state index is 13.9. The van der Waals surface area contributed by atoms with E-state index in [1.165, 1.54) is 38.1 Å². The molecule has 0 unspecified atom stereocenters. The quantitative estimate of drug-likeness (QED) is 0.508. The summed E-state index contributed by atoms with van der Waals surface area (Å²) in [6.07, 6.45) is 6.38. The van der Waals surface area contributed by atoms with Gasteiger partial charge in [0.1, 0.15) is 0 Å². The minimum absolute atomic E-state index is 0. The van der Waals surface area contributed by atoms with Gasteiger partial charge in [-0.3, -0.25) is 9.52 Å². The summed E-state index contributed by atoms with van der Waals surface area (Å²) in [5, 5.41) is 0. The summed E-state index contributed by atoms with van der Waals surface area (Å²) in [6.45, 7) is 0.424. The molecular weight excluding hydrogens is 560 g/mol. The van der Waals surface area contributed by atoms with E-state index in [2.05, 4.69) is 4.72 Å². The number of carbonyl (C=O) groups is 1. The van der Waals surface area contributed by atoms with Crippen LogP contribution in [0.5, 0.6) is 0 Å². The third-order valence-corrected chi connectivity index (χ3v) is 11.9. The zero-order valence-corrected chi connectivity index (χ0v) is 24.1. The third-order valence-electron chi connectivity index (χ3n) is 9.43. The zero-order valence-electron chi connectivity index (χ0n) is 22.5. The molecule has 4 aliphatic rings. The van der Waals surface area contributed by atoms with Crippen LogP contribution in [0, 0.1) is 5.41 Å². The molecule has 1 heterocycles. The fourth-order valence-corrected chi connectivity index (χ4v) is 8.64. The molecular formula is C28H35F2N3O5S2. The number of anilines is 2. The second-order valence-corrected chi connectivity index (χ2v) is 16.0. The lowest BCUT2D eigenvalue weighted by atomic mass is 9.66.